The summed E-state index contributed by atoms with van der Waals surface area (Å²) in [5.74, 6) is 0.0325. The molecule has 0 aromatic heterocycles. The van der Waals surface area contributed by atoms with E-state index in [1.165, 1.54) is 12.8 Å². The van der Waals surface area contributed by atoms with Gasteiger partial charge in [0, 0.05) is 0 Å². The predicted octanol–water partition coefficient (Wildman–Crippen LogP) is 2.77. The topological polar surface area (TPSA) is 26.3 Å². The van der Waals surface area contributed by atoms with Crippen molar-refractivity contribution in [3.8, 4) is 0 Å². The van der Waals surface area contributed by atoms with Crippen LogP contribution in [0.15, 0.2) is 0 Å². The van der Waals surface area contributed by atoms with Gasteiger partial charge in [-0.05, 0) is 13.3 Å². The molecule has 0 aliphatic rings. The molecule has 0 saturated heterocycles. The van der Waals surface area contributed by atoms with Crippen molar-refractivity contribution >= 4 is 5.97 Å². The van der Waals surface area contributed by atoms with Crippen molar-refractivity contribution in [2.45, 2.75) is 46.5 Å². The first-order valence-electron chi connectivity index (χ1n) is 4.89. The lowest BCUT2D eigenvalue weighted by atomic mass is 10.0. The Morgan fingerprint density at radius 3 is 2.50 bits per heavy atom. The van der Waals surface area contributed by atoms with Crippen molar-refractivity contribution in [1.82, 2.24) is 0 Å². The van der Waals surface area contributed by atoms with Crippen LogP contribution in [0.4, 0.5) is 0 Å². The van der Waals surface area contributed by atoms with Gasteiger partial charge in [-0.15, -0.1) is 0 Å². The molecule has 0 spiro atoms. The summed E-state index contributed by atoms with van der Waals surface area (Å²) >= 11 is 0. The normalized spacial score (nSPS) is 12.6. The lowest BCUT2D eigenvalue weighted by Gasteiger charge is -2.09. The Balaban J connectivity index is 3.42. The van der Waals surface area contributed by atoms with E-state index in [-0.39, 0.29) is 11.9 Å². The van der Waals surface area contributed by atoms with Crippen LogP contribution in [0.5, 0.6) is 0 Å². The van der Waals surface area contributed by atoms with Crippen molar-refractivity contribution in [2.75, 3.05) is 6.61 Å². The summed E-state index contributed by atoms with van der Waals surface area (Å²) in [4.78, 5) is 11.1. The number of unbranched alkanes of at least 4 members (excludes halogenated alkanes) is 2. The average molecular weight is 172 g/mol. The first-order valence-corrected chi connectivity index (χ1v) is 4.89. The molecule has 0 saturated carbocycles. The molecule has 0 bridgehead atoms. The zero-order valence-electron chi connectivity index (χ0n) is 8.43. The van der Waals surface area contributed by atoms with Crippen LogP contribution in [0.1, 0.15) is 46.5 Å². The van der Waals surface area contributed by atoms with Gasteiger partial charge in [-0.2, -0.15) is 0 Å². The molecule has 0 aromatic rings. The maximum absolute atomic E-state index is 11.1. The molecule has 1 atom stereocenters. The minimum atomic E-state index is -0.0476. The fraction of sp³-hybridized carbons (Fsp3) is 0.900. The second kappa shape index (κ2) is 7.14. The zero-order valence-corrected chi connectivity index (χ0v) is 8.43. The van der Waals surface area contributed by atoms with E-state index in [9.17, 15) is 4.79 Å². The van der Waals surface area contributed by atoms with Gasteiger partial charge in [0.2, 0.25) is 0 Å². The number of rotatable bonds is 6. The second-order valence-corrected chi connectivity index (χ2v) is 3.15. The van der Waals surface area contributed by atoms with Crippen LogP contribution < -0.4 is 0 Å². The van der Waals surface area contributed by atoms with Gasteiger partial charge in [0.25, 0.3) is 0 Å². The summed E-state index contributed by atoms with van der Waals surface area (Å²) in [7, 11) is 0. The fourth-order valence-corrected chi connectivity index (χ4v) is 1.10. The molecule has 0 aromatic carbocycles. The zero-order chi connectivity index (χ0) is 9.40. The first kappa shape index (κ1) is 11.5. The monoisotopic (exact) mass is 172 g/mol. The van der Waals surface area contributed by atoms with Gasteiger partial charge < -0.3 is 4.74 Å². The first-order chi connectivity index (χ1) is 5.72. The molecule has 2 nitrogen and oxygen atoms in total. The highest BCUT2D eigenvalue weighted by molar-refractivity contribution is 5.71. The third-order valence-corrected chi connectivity index (χ3v) is 1.93. The van der Waals surface area contributed by atoms with Gasteiger partial charge in [-0.3, -0.25) is 4.79 Å². The van der Waals surface area contributed by atoms with E-state index in [1.807, 2.05) is 13.8 Å². The largest absolute Gasteiger partial charge is 0.466 e. The molecule has 0 fully saturated rings. The number of ether oxygens (including phenoxy) is 1. The van der Waals surface area contributed by atoms with Crippen LogP contribution in [0, 0.1) is 5.92 Å². The van der Waals surface area contributed by atoms with Gasteiger partial charge in [0.15, 0.2) is 0 Å². The van der Waals surface area contributed by atoms with Crippen LogP contribution >= 0.6 is 0 Å². The summed E-state index contributed by atoms with van der Waals surface area (Å²) in [5, 5.41) is 0. The third kappa shape index (κ3) is 5.16. The quantitative estimate of drug-likeness (QED) is 0.455. The summed E-state index contributed by atoms with van der Waals surface area (Å²) in [6, 6.07) is 0. The lowest BCUT2D eigenvalue weighted by molar-refractivity contribution is -0.147. The van der Waals surface area contributed by atoms with Crippen molar-refractivity contribution in [2.24, 2.45) is 5.92 Å². The van der Waals surface area contributed by atoms with Crippen LogP contribution in [0.25, 0.3) is 0 Å². The maximum Gasteiger partial charge on any atom is 0.308 e. The Hall–Kier alpha value is -0.530. The molecule has 0 unspecified atom stereocenters. The average Bonchev–Trinajstić information content (AvgIpc) is 2.05. The molecule has 72 valence electrons. The number of esters is 1. The number of carbonyl (C=O) groups is 1. The number of hydrogen-bond acceptors (Lipinski definition) is 2. The van der Waals surface area contributed by atoms with Crippen molar-refractivity contribution in [3.05, 3.63) is 0 Å². The van der Waals surface area contributed by atoms with Crippen LogP contribution in [0.2, 0.25) is 0 Å². The van der Waals surface area contributed by atoms with E-state index in [4.69, 9.17) is 4.74 Å². The molecule has 0 heterocycles. The number of carbonyl (C=O) groups excluding carboxylic acids is 1. The van der Waals surface area contributed by atoms with E-state index < -0.39 is 0 Å². The summed E-state index contributed by atoms with van der Waals surface area (Å²) in [6.07, 6.45) is 4.52. The van der Waals surface area contributed by atoms with Crippen molar-refractivity contribution in [3.63, 3.8) is 0 Å². The van der Waals surface area contributed by atoms with E-state index >= 15 is 0 Å². The molecule has 0 rings (SSSR count). The smallest absolute Gasteiger partial charge is 0.308 e. The maximum atomic E-state index is 11.1. The van der Waals surface area contributed by atoms with Crippen LogP contribution in [-0.2, 0) is 9.53 Å². The van der Waals surface area contributed by atoms with Crippen molar-refractivity contribution in [1.29, 1.82) is 0 Å². The van der Waals surface area contributed by atoms with E-state index in [2.05, 4.69) is 6.92 Å². The molecular formula is C10H20O2. The highest BCUT2D eigenvalue weighted by atomic mass is 16.5. The van der Waals surface area contributed by atoms with Gasteiger partial charge in [0.1, 0.15) is 0 Å². The van der Waals surface area contributed by atoms with Gasteiger partial charge in [-0.1, -0.05) is 33.1 Å². The highest BCUT2D eigenvalue weighted by Gasteiger charge is 2.12. The molecule has 12 heavy (non-hydrogen) atoms. The van der Waals surface area contributed by atoms with Crippen LogP contribution in [0.3, 0.4) is 0 Å². The summed E-state index contributed by atoms with van der Waals surface area (Å²) in [5.41, 5.74) is 0. The molecule has 0 aliphatic carbocycles. The Kier molecular flexibility index (Phi) is 6.82. The second-order valence-electron chi connectivity index (χ2n) is 3.15. The minimum Gasteiger partial charge on any atom is -0.466 e. The molecular weight excluding hydrogens is 152 g/mol. The Morgan fingerprint density at radius 2 is 2.00 bits per heavy atom. The Labute approximate surface area is 75.3 Å². The summed E-state index contributed by atoms with van der Waals surface area (Å²) in [6.45, 7) is 6.44. The lowest BCUT2D eigenvalue weighted by Crippen LogP contribution is -2.14. The van der Waals surface area contributed by atoms with Gasteiger partial charge >= 0.3 is 5.97 Å². The number of hydrogen-bond donors (Lipinski definition) is 0. The standard InChI is InChI=1S/C10H20O2/c1-4-6-7-8-9(3)10(11)12-5-2/h9H,4-8H2,1-3H3/t9-/m0/s1. The van der Waals surface area contributed by atoms with Crippen molar-refractivity contribution < 1.29 is 9.53 Å². The molecule has 0 N–H and O–H groups in total. The Morgan fingerprint density at radius 1 is 1.33 bits per heavy atom. The fourth-order valence-electron chi connectivity index (χ4n) is 1.10. The molecule has 2 heteroatoms. The van der Waals surface area contributed by atoms with Gasteiger partial charge in [-0.25, -0.2) is 0 Å². The molecule has 0 aliphatic heterocycles. The minimum absolute atomic E-state index is 0.0476. The predicted molar refractivity (Wildman–Crippen MR) is 49.9 cm³/mol. The van der Waals surface area contributed by atoms with E-state index in [1.54, 1.807) is 0 Å². The summed E-state index contributed by atoms with van der Waals surface area (Å²) < 4.78 is 4.90. The van der Waals surface area contributed by atoms with Crippen LogP contribution in [-0.4, -0.2) is 12.6 Å². The van der Waals surface area contributed by atoms with E-state index in [0.717, 1.165) is 12.8 Å². The van der Waals surface area contributed by atoms with Gasteiger partial charge in [0.05, 0.1) is 12.5 Å². The highest BCUT2D eigenvalue weighted by Crippen LogP contribution is 2.10. The SMILES string of the molecule is CCCCC[C@H](C)C(=O)OCC. The molecule has 0 radical (unpaired) electrons. The van der Waals surface area contributed by atoms with E-state index in [0.29, 0.717) is 6.61 Å². The Bertz CT molecular complexity index is 121. The third-order valence-electron chi connectivity index (χ3n) is 1.93. The molecule has 0 amide bonds.